The minimum absolute atomic E-state index is 0.297. The molecule has 0 saturated heterocycles. The van der Waals surface area contributed by atoms with Gasteiger partial charge in [-0.05, 0) is 49.4 Å². The van der Waals surface area contributed by atoms with E-state index in [2.05, 4.69) is 15.0 Å². The molecule has 0 bridgehead atoms. The van der Waals surface area contributed by atoms with Gasteiger partial charge in [0.05, 0.1) is 22.6 Å². The molecule has 0 atom stereocenters. The molecule has 0 unspecified atom stereocenters. The molecule has 6 nitrogen and oxygen atoms in total. The second-order valence-electron chi connectivity index (χ2n) is 5.82. The van der Waals surface area contributed by atoms with Crippen LogP contribution in [0.4, 0.5) is 5.69 Å². The van der Waals surface area contributed by atoms with E-state index < -0.39 is 0 Å². The van der Waals surface area contributed by atoms with Crippen LogP contribution in [-0.4, -0.2) is 19.5 Å². The maximum Gasteiger partial charge on any atom is 0.268 e. The molecule has 0 fully saturated rings. The number of hydrogen-bond donors (Lipinski definition) is 1. The van der Waals surface area contributed by atoms with E-state index in [4.69, 9.17) is 17.3 Å². The first-order valence-electron chi connectivity index (χ1n) is 7.90. The van der Waals surface area contributed by atoms with E-state index in [9.17, 15) is 4.79 Å². The number of benzene rings is 1. The van der Waals surface area contributed by atoms with Gasteiger partial charge in [0.15, 0.2) is 0 Å². The van der Waals surface area contributed by atoms with Crippen molar-refractivity contribution in [3.8, 4) is 16.9 Å². The summed E-state index contributed by atoms with van der Waals surface area (Å²) in [5.41, 5.74) is 9.10. The third-order valence-electron chi connectivity index (χ3n) is 4.13. The summed E-state index contributed by atoms with van der Waals surface area (Å²) >= 11 is 5.99. The van der Waals surface area contributed by atoms with Crippen LogP contribution in [0.15, 0.2) is 59.8 Å². The van der Waals surface area contributed by atoms with Crippen molar-refractivity contribution in [1.29, 1.82) is 0 Å². The number of aryl methyl sites for hydroxylation is 1. The maximum absolute atomic E-state index is 13.4. The molecule has 4 rings (SSSR count). The molecular formula is C19H14ClN5O. The lowest BCUT2D eigenvalue weighted by Crippen LogP contribution is -2.23. The average molecular weight is 364 g/mol. The van der Waals surface area contributed by atoms with Crippen molar-refractivity contribution in [2.24, 2.45) is 0 Å². The highest BCUT2D eigenvalue weighted by atomic mass is 35.5. The molecule has 7 heteroatoms. The second-order valence-corrected chi connectivity index (χ2v) is 6.26. The summed E-state index contributed by atoms with van der Waals surface area (Å²) in [4.78, 5) is 26.0. The van der Waals surface area contributed by atoms with Gasteiger partial charge in [-0.15, -0.1) is 0 Å². The Morgan fingerprint density at radius 2 is 1.85 bits per heavy atom. The third-order valence-corrected chi connectivity index (χ3v) is 4.38. The molecule has 3 aromatic heterocycles. The van der Waals surface area contributed by atoms with E-state index in [1.165, 1.54) is 10.9 Å². The zero-order valence-electron chi connectivity index (χ0n) is 13.8. The maximum atomic E-state index is 13.4. The van der Waals surface area contributed by atoms with E-state index >= 15 is 0 Å². The summed E-state index contributed by atoms with van der Waals surface area (Å²) in [7, 11) is 0. The van der Waals surface area contributed by atoms with Crippen LogP contribution < -0.4 is 11.3 Å². The molecule has 4 aromatic rings. The van der Waals surface area contributed by atoms with Gasteiger partial charge in [0.25, 0.3) is 5.56 Å². The third kappa shape index (κ3) is 2.60. The number of nitrogens with two attached hydrogens (primary N) is 1. The van der Waals surface area contributed by atoms with Gasteiger partial charge in [0.2, 0.25) is 0 Å². The summed E-state index contributed by atoms with van der Waals surface area (Å²) < 4.78 is 1.53. The first kappa shape index (κ1) is 16.2. The van der Waals surface area contributed by atoms with Crippen LogP contribution in [-0.2, 0) is 0 Å². The standard InChI is InChI=1S/C19H14ClN5O/c1-11-2-7-14-17(21)16(15-8-9-22-10-23-15)19(26)25(18(14)24-11)13-5-3-12(20)4-6-13/h2-10H,21H2,1H3. The Labute approximate surface area is 153 Å². The highest BCUT2D eigenvalue weighted by Gasteiger charge is 2.19. The Hall–Kier alpha value is -3.25. The molecule has 128 valence electrons. The molecule has 3 heterocycles. The lowest BCUT2D eigenvalue weighted by molar-refractivity contribution is 1.00. The summed E-state index contributed by atoms with van der Waals surface area (Å²) in [5.74, 6) is 0. The highest BCUT2D eigenvalue weighted by Crippen LogP contribution is 2.29. The molecule has 0 spiro atoms. The van der Waals surface area contributed by atoms with Gasteiger partial charge in [-0.2, -0.15) is 0 Å². The zero-order valence-corrected chi connectivity index (χ0v) is 14.6. The first-order chi connectivity index (χ1) is 12.6. The minimum atomic E-state index is -0.297. The Balaban J connectivity index is 2.17. The predicted octanol–water partition coefficient (Wildman–Crippen LogP) is 3.39. The van der Waals surface area contributed by atoms with Gasteiger partial charge in [0.1, 0.15) is 12.0 Å². The lowest BCUT2D eigenvalue weighted by Gasteiger charge is -2.15. The van der Waals surface area contributed by atoms with Crippen molar-refractivity contribution in [2.75, 3.05) is 5.73 Å². The highest BCUT2D eigenvalue weighted by molar-refractivity contribution is 6.30. The monoisotopic (exact) mass is 363 g/mol. The van der Waals surface area contributed by atoms with Crippen LogP contribution in [0.3, 0.4) is 0 Å². The van der Waals surface area contributed by atoms with E-state index in [1.807, 2.05) is 19.1 Å². The molecule has 0 saturated carbocycles. The molecule has 26 heavy (non-hydrogen) atoms. The summed E-state index contributed by atoms with van der Waals surface area (Å²) in [6, 6.07) is 12.4. The van der Waals surface area contributed by atoms with Gasteiger partial charge in [-0.3, -0.25) is 9.36 Å². The van der Waals surface area contributed by atoms with Crippen LogP contribution >= 0.6 is 11.6 Å². The van der Waals surface area contributed by atoms with Crippen LogP contribution in [0.5, 0.6) is 0 Å². The van der Waals surface area contributed by atoms with Gasteiger partial charge >= 0.3 is 0 Å². The van der Waals surface area contributed by atoms with E-state index in [1.54, 1.807) is 36.5 Å². The molecule has 0 radical (unpaired) electrons. The Morgan fingerprint density at radius 3 is 2.54 bits per heavy atom. The van der Waals surface area contributed by atoms with Gasteiger partial charge in [-0.25, -0.2) is 15.0 Å². The number of hydrogen-bond acceptors (Lipinski definition) is 5. The fraction of sp³-hybridized carbons (Fsp3) is 0.0526. The van der Waals surface area contributed by atoms with Crippen molar-refractivity contribution in [3.05, 3.63) is 76.1 Å². The smallest absolute Gasteiger partial charge is 0.268 e. The first-order valence-corrected chi connectivity index (χ1v) is 8.28. The van der Waals surface area contributed by atoms with Crippen LogP contribution in [0, 0.1) is 6.92 Å². The molecular weight excluding hydrogens is 350 g/mol. The predicted molar refractivity (Wildman–Crippen MR) is 103 cm³/mol. The van der Waals surface area contributed by atoms with Gasteiger partial charge in [-0.1, -0.05) is 11.6 Å². The largest absolute Gasteiger partial charge is 0.397 e. The van der Waals surface area contributed by atoms with Crippen molar-refractivity contribution < 1.29 is 0 Å². The topological polar surface area (TPSA) is 86.7 Å². The number of aromatic nitrogens is 4. The van der Waals surface area contributed by atoms with Gasteiger partial charge in [0, 0.05) is 22.3 Å². The van der Waals surface area contributed by atoms with Crippen molar-refractivity contribution >= 4 is 28.3 Å². The molecule has 0 aliphatic heterocycles. The fourth-order valence-electron chi connectivity index (χ4n) is 2.90. The lowest BCUT2D eigenvalue weighted by atomic mass is 10.1. The number of fused-ring (bicyclic) bond motifs is 1. The quantitative estimate of drug-likeness (QED) is 0.590. The van der Waals surface area contributed by atoms with Crippen LogP contribution in [0.25, 0.3) is 28.0 Å². The van der Waals surface area contributed by atoms with Crippen molar-refractivity contribution in [3.63, 3.8) is 0 Å². The number of nitrogens with zero attached hydrogens (tertiary/aromatic N) is 4. The Morgan fingerprint density at radius 1 is 1.08 bits per heavy atom. The summed E-state index contributed by atoms with van der Waals surface area (Å²) in [6.45, 7) is 1.87. The fourth-order valence-corrected chi connectivity index (χ4v) is 3.02. The Kier molecular flexibility index (Phi) is 3.89. The SMILES string of the molecule is Cc1ccc2c(N)c(-c3ccncn3)c(=O)n(-c3ccc(Cl)cc3)c2n1. The number of pyridine rings is 2. The molecule has 1 aromatic carbocycles. The molecule has 0 aliphatic carbocycles. The number of rotatable bonds is 2. The number of halogens is 1. The molecule has 0 amide bonds. The zero-order chi connectivity index (χ0) is 18.3. The minimum Gasteiger partial charge on any atom is -0.397 e. The number of nitrogen functional groups attached to an aromatic ring is 1. The molecule has 0 aliphatic rings. The van der Waals surface area contributed by atoms with Gasteiger partial charge < -0.3 is 5.73 Å². The van der Waals surface area contributed by atoms with E-state index in [-0.39, 0.29) is 5.56 Å². The molecule has 2 N–H and O–H groups in total. The Bertz CT molecular complexity index is 1170. The summed E-state index contributed by atoms with van der Waals surface area (Å²) in [6.07, 6.45) is 2.96. The van der Waals surface area contributed by atoms with E-state index in [0.717, 1.165) is 5.69 Å². The second kappa shape index (κ2) is 6.24. The summed E-state index contributed by atoms with van der Waals surface area (Å²) in [5, 5.41) is 1.26. The average Bonchev–Trinajstić information content (AvgIpc) is 2.64. The van der Waals surface area contributed by atoms with Crippen molar-refractivity contribution in [2.45, 2.75) is 6.92 Å². The van der Waals surface area contributed by atoms with Crippen molar-refractivity contribution in [1.82, 2.24) is 19.5 Å². The van der Waals surface area contributed by atoms with Crippen LogP contribution in [0.1, 0.15) is 5.69 Å². The number of anilines is 1. The van der Waals surface area contributed by atoms with Crippen LogP contribution in [0.2, 0.25) is 5.02 Å². The normalized spacial score (nSPS) is 11.0. The van der Waals surface area contributed by atoms with E-state index in [0.29, 0.717) is 38.7 Å².